The lowest BCUT2D eigenvalue weighted by atomic mass is 10.2. The van der Waals surface area contributed by atoms with Gasteiger partial charge in [0.2, 0.25) is 0 Å². The Kier molecular flexibility index (Phi) is 4.41. The Labute approximate surface area is 131 Å². The van der Waals surface area contributed by atoms with Gasteiger partial charge in [0.15, 0.2) is 5.75 Å². The molecule has 21 heavy (non-hydrogen) atoms. The number of nitrogens with one attached hydrogen (secondary N) is 1. The lowest BCUT2D eigenvalue weighted by Gasteiger charge is -2.23. The summed E-state index contributed by atoms with van der Waals surface area (Å²) in [5.41, 5.74) is -1.02. The third-order valence-electron chi connectivity index (χ3n) is 2.90. The van der Waals surface area contributed by atoms with Gasteiger partial charge in [0.25, 0.3) is 5.95 Å². The molecule has 0 unspecified atom stereocenters. The van der Waals surface area contributed by atoms with E-state index >= 15 is 0 Å². The number of pyridine rings is 1. The predicted molar refractivity (Wildman–Crippen MR) is 78.7 cm³/mol. The van der Waals surface area contributed by atoms with Crippen molar-refractivity contribution in [3.05, 3.63) is 22.7 Å². The van der Waals surface area contributed by atoms with Gasteiger partial charge in [-0.2, -0.15) is 4.39 Å². The van der Waals surface area contributed by atoms with Crippen molar-refractivity contribution >= 4 is 22.0 Å². The van der Waals surface area contributed by atoms with Crippen molar-refractivity contribution in [2.45, 2.75) is 44.8 Å². The van der Waals surface area contributed by atoms with Gasteiger partial charge >= 0.3 is 6.09 Å². The quantitative estimate of drug-likeness (QED) is 0.835. The van der Waals surface area contributed by atoms with Gasteiger partial charge in [-0.05, 0) is 61.7 Å². The molecule has 1 fully saturated rings. The smallest absolute Gasteiger partial charge is 0.408 e. The summed E-state index contributed by atoms with van der Waals surface area (Å²) in [5.74, 6) is -0.618. The fourth-order valence-electron chi connectivity index (χ4n) is 1.70. The minimum atomic E-state index is -0.683. The molecule has 0 aromatic carbocycles. The normalized spacial score (nSPS) is 16.2. The summed E-state index contributed by atoms with van der Waals surface area (Å²) < 4.78 is 24.6. The molecule has 1 aromatic rings. The Balaban J connectivity index is 1.89. The maximum atomic E-state index is 13.6. The highest BCUT2D eigenvalue weighted by atomic mass is 79.9. The van der Waals surface area contributed by atoms with Crippen LogP contribution < -0.4 is 10.1 Å². The van der Waals surface area contributed by atoms with E-state index in [4.69, 9.17) is 9.47 Å². The monoisotopic (exact) mass is 360 g/mol. The van der Waals surface area contributed by atoms with Gasteiger partial charge in [0, 0.05) is 0 Å². The minimum absolute atomic E-state index is 0.0652. The maximum Gasteiger partial charge on any atom is 0.408 e. The molecule has 1 N–H and O–H groups in total. The van der Waals surface area contributed by atoms with Crippen LogP contribution in [-0.4, -0.2) is 28.8 Å². The summed E-state index contributed by atoms with van der Waals surface area (Å²) >= 11 is 3.08. The molecule has 0 radical (unpaired) electrons. The van der Waals surface area contributed by atoms with Crippen molar-refractivity contribution in [2.24, 2.45) is 0 Å². The summed E-state index contributed by atoms with van der Waals surface area (Å²) in [6, 6.07) is 3.09. The zero-order valence-corrected chi connectivity index (χ0v) is 13.8. The average molecular weight is 361 g/mol. The Bertz CT molecular complexity index is 542. The molecule has 1 aliphatic carbocycles. The number of alkyl carbamates (subject to hydrolysis) is 1. The number of aromatic nitrogens is 1. The molecule has 1 amide bonds. The van der Waals surface area contributed by atoms with Crippen LogP contribution in [0.25, 0.3) is 0 Å². The highest BCUT2D eigenvalue weighted by Crippen LogP contribution is 2.36. The van der Waals surface area contributed by atoms with Gasteiger partial charge in [0.1, 0.15) is 16.8 Å². The summed E-state index contributed by atoms with van der Waals surface area (Å²) in [6.45, 7) is 5.58. The van der Waals surface area contributed by atoms with Gasteiger partial charge in [-0.25, -0.2) is 9.78 Å². The Hall–Kier alpha value is -1.37. The molecule has 1 heterocycles. The fraction of sp³-hybridized carbons (Fsp3) is 0.571. The van der Waals surface area contributed by atoms with Crippen LogP contribution in [0.15, 0.2) is 16.7 Å². The molecule has 0 spiro atoms. The van der Waals surface area contributed by atoms with Crippen molar-refractivity contribution in [2.75, 3.05) is 6.61 Å². The van der Waals surface area contributed by atoms with Crippen molar-refractivity contribution in [3.8, 4) is 5.75 Å². The molecule has 0 atom stereocenters. The average Bonchev–Trinajstić information content (AvgIpc) is 3.05. The van der Waals surface area contributed by atoms with Crippen molar-refractivity contribution < 1.29 is 18.7 Å². The van der Waals surface area contributed by atoms with E-state index < -0.39 is 23.2 Å². The molecule has 1 aliphatic rings. The number of amides is 1. The van der Waals surface area contributed by atoms with Crippen LogP contribution >= 0.6 is 15.9 Å². The van der Waals surface area contributed by atoms with E-state index in [2.05, 4.69) is 26.2 Å². The Morgan fingerprint density at radius 1 is 1.48 bits per heavy atom. The third-order valence-corrected chi connectivity index (χ3v) is 3.35. The number of hydrogen-bond acceptors (Lipinski definition) is 4. The standard InChI is InChI=1S/C14H18BrFN2O3/c1-13(2,3)21-12(19)18-14(6-7-14)8-20-9-4-5-10(15)17-11(9)16/h4-5H,6-8H2,1-3H3,(H,18,19). The third kappa shape index (κ3) is 4.84. The van der Waals surface area contributed by atoms with Crippen LogP contribution in [0, 0.1) is 5.95 Å². The van der Waals surface area contributed by atoms with Gasteiger partial charge < -0.3 is 14.8 Å². The van der Waals surface area contributed by atoms with Crippen molar-refractivity contribution in [1.82, 2.24) is 10.3 Å². The van der Waals surface area contributed by atoms with Crippen molar-refractivity contribution in [1.29, 1.82) is 0 Å². The molecule has 7 heteroatoms. The van der Waals surface area contributed by atoms with E-state index in [0.29, 0.717) is 4.60 Å². The second-order valence-electron chi connectivity index (χ2n) is 6.12. The molecular weight excluding hydrogens is 343 g/mol. The van der Waals surface area contributed by atoms with E-state index in [0.717, 1.165) is 12.8 Å². The topological polar surface area (TPSA) is 60.5 Å². The first-order valence-electron chi connectivity index (χ1n) is 6.65. The molecule has 5 nitrogen and oxygen atoms in total. The van der Waals surface area contributed by atoms with Crippen LogP contribution in [0.2, 0.25) is 0 Å². The number of ether oxygens (including phenoxy) is 2. The lowest BCUT2D eigenvalue weighted by molar-refractivity contribution is 0.0476. The van der Waals surface area contributed by atoms with Crippen molar-refractivity contribution in [3.63, 3.8) is 0 Å². The molecular formula is C14H18BrFN2O3. The summed E-state index contributed by atoms with van der Waals surface area (Å²) in [4.78, 5) is 15.4. The largest absolute Gasteiger partial charge is 0.486 e. The number of nitrogens with zero attached hydrogens (tertiary/aromatic N) is 1. The zero-order chi connectivity index (χ0) is 15.7. The second kappa shape index (κ2) is 5.79. The van der Waals surface area contributed by atoms with Crippen LogP contribution in [-0.2, 0) is 4.74 Å². The van der Waals surface area contributed by atoms with Crippen LogP contribution in [0.5, 0.6) is 5.75 Å². The first-order valence-corrected chi connectivity index (χ1v) is 7.44. The summed E-state index contributed by atoms with van der Waals surface area (Å²) in [6.07, 6.45) is 1.06. The summed E-state index contributed by atoms with van der Waals surface area (Å²) in [7, 11) is 0. The zero-order valence-electron chi connectivity index (χ0n) is 12.2. The van der Waals surface area contributed by atoms with Gasteiger partial charge in [-0.15, -0.1) is 0 Å². The first-order chi connectivity index (χ1) is 9.69. The van der Waals surface area contributed by atoms with Crippen LogP contribution in [0.4, 0.5) is 9.18 Å². The highest BCUT2D eigenvalue weighted by Gasteiger charge is 2.46. The van der Waals surface area contributed by atoms with Crippen LogP contribution in [0.3, 0.4) is 0 Å². The Morgan fingerprint density at radius 3 is 2.67 bits per heavy atom. The molecule has 116 valence electrons. The molecule has 0 aliphatic heterocycles. The Morgan fingerprint density at radius 2 is 2.14 bits per heavy atom. The molecule has 0 saturated heterocycles. The number of carbonyl (C=O) groups is 1. The van der Waals surface area contributed by atoms with Gasteiger partial charge in [-0.3, -0.25) is 0 Å². The summed E-state index contributed by atoms with van der Waals surface area (Å²) in [5, 5.41) is 2.79. The molecule has 2 rings (SSSR count). The molecule has 0 bridgehead atoms. The fourth-order valence-corrected chi connectivity index (χ4v) is 1.99. The number of carbonyl (C=O) groups excluding carboxylic acids is 1. The molecule has 1 saturated carbocycles. The van der Waals surface area contributed by atoms with E-state index in [1.807, 2.05) is 0 Å². The van der Waals surface area contributed by atoms with E-state index in [1.54, 1.807) is 26.8 Å². The lowest BCUT2D eigenvalue weighted by Crippen LogP contribution is -2.44. The number of rotatable bonds is 4. The second-order valence-corrected chi connectivity index (χ2v) is 6.93. The predicted octanol–water partition coefficient (Wildman–Crippen LogP) is 3.42. The van der Waals surface area contributed by atoms with Gasteiger partial charge in [-0.1, -0.05) is 0 Å². The first kappa shape index (κ1) is 16.0. The SMILES string of the molecule is CC(C)(C)OC(=O)NC1(COc2ccc(Br)nc2F)CC1. The van der Waals surface area contributed by atoms with Crippen LogP contribution in [0.1, 0.15) is 33.6 Å². The van der Waals surface area contributed by atoms with Gasteiger partial charge in [0.05, 0.1) is 5.54 Å². The van der Waals surface area contributed by atoms with E-state index in [9.17, 15) is 9.18 Å². The minimum Gasteiger partial charge on any atom is -0.486 e. The maximum absolute atomic E-state index is 13.6. The van der Waals surface area contributed by atoms with E-state index in [-0.39, 0.29) is 12.4 Å². The molecule has 1 aromatic heterocycles. The highest BCUT2D eigenvalue weighted by molar-refractivity contribution is 9.10. The van der Waals surface area contributed by atoms with E-state index in [1.165, 1.54) is 6.07 Å². The number of hydrogen-bond donors (Lipinski definition) is 1. The number of halogens is 2.